The van der Waals surface area contributed by atoms with E-state index >= 15 is 0 Å². The fraction of sp³-hybridized carbons (Fsp3) is 0.615. The van der Waals surface area contributed by atoms with Gasteiger partial charge in [0.2, 0.25) is 0 Å². The molecule has 2 aliphatic heterocycles. The van der Waals surface area contributed by atoms with Gasteiger partial charge in [0.15, 0.2) is 12.1 Å². The third kappa shape index (κ3) is 2.33. The van der Waals surface area contributed by atoms with Gasteiger partial charge in [-0.25, -0.2) is 4.39 Å². The molecule has 0 atom stereocenters. The Morgan fingerprint density at radius 3 is 2.61 bits per heavy atom. The van der Waals surface area contributed by atoms with Gasteiger partial charge in [0.05, 0.1) is 25.1 Å². The van der Waals surface area contributed by atoms with Gasteiger partial charge >= 0.3 is 0 Å². The number of aromatic nitrogens is 1. The van der Waals surface area contributed by atoms with Gasteiger partial charge < -0.3 is 14.4 Å². The number of ether oxygens (including phenoxy) is 2. The largest absolute Gasteiger partial charge is 0.369 e. The van der Waals surface area contributed by atoms with Crippen LogP contribution < -0.4 is 4.90 Å². The van der Waals surface area contributed by atoms with Crippen LogP contribution in [0.1, 0.15) is 12.8 Å². The lowest BCUT2D eigenvalue weighted by Gasteiger charge is -2.35. The van der Waals surface area contributed by atoms with E-state index in [-0.39, 0.29) is 12.1 Å². The average molecular weight is 252 g/mol. The van der Waals surface area contributed by atoms with Crippen molar-refractivity contribution in [3.8, 4) is 0 Å². The van der Waals surface area contributed by atoms with Crippen molar-refractivity contribution in [3.63, 3.8) is 0 Å². The zero-order valence-electron chi connectivity index (χ0n) is 10.2. The van der Waals surface area contributed by atoms with Crippen LogP contribution in [0.2, 0.25) is 0 Å². The van der Waals surface area contributed by atoms with E-state index in [0.717, 1.165) is 25.9 Å². The maximum atomic E-state index is 13.6. The monoisotopic (exact) mass is 252 g/mol. The maximum absolute atomic E-state index is 13.6. The number of rotatable bonds is 2. The quantitative estimate of drug-likeness (QED) is 0.804. The number of halogens is 1. The van der Waals surface area contributed by atoms with Crippen molar-refractivity contribution in [3.05, 3.63) is 24.3 Å². The summed E-state index contributed by atoms with van der Waals surface area (Å²) in [4.78, 5) is 5.85. The van der Waals surface area contributed by atoms with Crippen molar-refractivity contribution in [2.75, 3.05) is 31.2 Å². The molecule has 2 aliphatic rings. The summed E-state index contributed by atoms with van der Waals surface area (Å²) in [5.74, 6) is 0.193. The number of pyridine rings is 1. The van der Waals surface area contributed by atoms with Crippen LogP contribution in [-0.4, -0.2) is 37.6 Å². The lowest BCUT2D eigenvalue weighted by molar-refractivity contribution is -0.0889. The van der Waals surface area contributed by atoms with Crippen LogP contribution in [0.25, 0.3) is 0 Å². The highest BCUT2D eigenvalue weighted by atomic mass is 19.1. The molecule has 2 saturated heterocycles. The first-order valence-electron chi connectivity index (χ1n) is 6.42. The van der Waals surface area contributed by atoms with Crippen molar-refractivity contribution in [2.45, 2.75) is 19.1 Å². The number of anilines is 1. The molecular formula is C13H17FN2O2. The van der Waals surface area contributed by atoms with E-state index in [0.29, 0.717) is 24.8 Å². The van der Waals surface area contributed by atoms with Crippen molar-refractivity contribution in [2.24, 2.45) is 5.92 Å². The van der Waals surface area contributed by atoms with E-state index in [4.69, 9.17) is 9.47 Å². The van der Waals surface area contributed by atoms with E-state index in [1.165, 1.54) is 6.20 Å². The van der Waals surface area contributed by atoms with Gasteiger partial charge in [0.1, 0.15) is 0 Å². The van der Waals surface area contributed by atoms with Gasteiger partial charge in [0.25, 0.3) is 0 Å². The Balaban J connectivity index is 1.61. The predicted molar refractivity (Wildman–Crippen MR) is 64.8 cm³/mol. The van der Waals surface area contributed by atoms with Gasteiger partial charge in [-0.15, -0.1) is 0 Å². The highest BCUT2D eigenvalue weighted by Crippen LogP contribution is 2.29. The fourth-order valence-corrected chi connectivity index (χ4v) is 2.69. The Bertz CT molecular complexity index is 402. The number of hydrogen-bond donors (Lipinski definition) is 0. The van der Waals surface area contributed by atoms with E-state index in [1.807, 2.05) is 0 Å². The molecule has 0 radical (unpaired) electrons. The Morgan fingerprint density at radius 1 is 1.22 bits per heavy atom. The minimum Gasteiger partial charge on any atom is -0.369 e. The van der Waals surface area contributed by atoms with Crippen molar-refractivity contribution >= 4 is 5.69 Å². The van der Waals surface area contributed by atoms with Crippen LogP contribution in [0.5, 0.6) is 0 Å². The number of nitrogens with zero attached hydrogens (tertiary/aromatic N) is 2. The second-order valence-electron chi connectivity index (χ2n) is 4.76. The minimum absolute atomic E-state index is 0.0468. The van der Waals surface area contributed by atoms with E-state index in [1.54, 1.807) is 12.3 Å². The summed E-state index contributed by atoms with van der Waals surface area (Å²) in [5.41, 5.74) is 0.650. The van der Waals surface area contributed by atoms with E-state index in [9.17, 15) is 4.39 Å². The van der Waals surface area contributed by atoms with Gasteiger partial charge in [-0.05, 0) is 18.9 Å². The van der Waals surface area contributed by atoms with Crippen LogP contribution in [0.3, 0.4) is 0 Å². The second-order valence-corrected chi connectivity index (χ2v) is 4.76. The molecule has 3 heterocycles. The van der Waals surface area contributed by atoms with Crippen LogP contribution in [0.15, 0.2) is 18.5 Å². The van der Waals surface area contributed by atoms with Crippen molar-refractivity contribution < 1.29 is 13.9 Å². The Labute approximate surface area is 106 Å². The summed E-state index contributed by atoms with van der Waals surface area (Å²) in [6.45, 7) is 3.08. The molecule has 5 heteroatoms. The highest BCUT2D eigenvalue weighted by Gasteiger charge is 2.30. The summed E-state index contributed by atoms with van der Waals surface area (Å²) < 4.78 is 24.7. The first-order valence-corrected chi connectivity index (χ1v) is 6.42. The van der Waals surface area contributed by atoms with Crippen LogP contribution in [-0.2, 0) is 9.47 Å². The van der Waals surface area contributed by atoms with Crippen molar-refractivity contribution in [1.29, 1.82) is 0 Å². The summed E-state index contributed by atoms with van der Waals surface area (Å²) >= 11 is 0. The SMILES string of the molecule is Fc1cnccc1N1CCC(C2OCCO2)CC1. The molecule has 0 amide bonds. The highest BCUT2D eigenvalue weighted by molar-refractivity contribution is 5.46. The molecule has 0 N–H and O–H groups in total. The van der Waals surface area contributed by atoms with Gasteiger partial charge in [0, 0.05) is 25.2 Å². The second kappa shape index (κ2) is 5.20. The normalized spacial score (nSPS) is 22.6. The molecule has 0 spiro atoms. The average Bonchev–Trinajstić information content (AvgIpc) is 2.94. The minimum atomic E-state index is -0.246. The van der Waals surface area contributed by atoms with Gasteiger partial charge in [-0.3, -0.25) is 4.98 Å². The van der Waals surface area contributed by atoms with Gasteiger partial charge in [-0.1, -0.05) is 0 Å². The number of hydrogen-bond acceptors (Lipinski definition) is 4. The lowest BCUT2D eigenvalue weighted by Crippen LogP contribution is -2.38. The van der Waals surface area contributed by atoms with Crippen molar-refractivity contribution in [1.82, 2.24) is 4.98 Å². The fourth-order valence-electron chi connectivity index (χ4n) is 2.69. The van der Waals surface area contributed by atoms with E-state index < -0.39 is 0 Å². The van der Waals surface area contributed by atoms with Crippen LogP contribution in [0.4, 0.5) is 10.1 Å². The van der Waals surface area contributed by atoms with Crippen LogP contribution >= 0.6 is 0 Å². The molecule has 18 heavy (non-hydrogen) atoms. The first-order chi connectivity index (χ1) is 8.84. The molecular weight excluding hydrogens is 235 g/mol. The molecule has 0 aliphatic carbocycles. The third-order valence-corrected chi connectivity index (χ3v) is 3.66. The molecule has 0 aromatic carbocycles. The summed E-state index contributed by atoms with van der Waals surface area (Å²) in [5, 5.41) is 0. The molecule has 1 aromatic rings. The Morgan fingerprint density at radius 2 is 1.94 bits per heavy atom. The molecule has 0 bridgehead atoms. The summed E-state index contributed by atoms with van der Waals surface area (Å²) in [6.07, 6.45) is 4.81. The molecule has 0 saturated carbocycles. The van der Waals surface area contributed by atoms with Gasteiger partial charge in [-0.2, -0.15) is 0 Å². The Kier molecular flexibility index (Phi) is 3.43. The first kappa shape index (κ1) is 11.9. The third-order valence-electron chi connectivity index (χ3n) is 3.66. The Hall–Kier alpha value is -1.20. The zero-order chi connectivity index (χ0) is 12.4. The maximum Gasteiger partial charge on any atom is 0.164 e. The predicted octanol–water partition coefficient (Wildman–Crippen LogP) is 1.81. The number of piperidine rings is 1. The lowest BCUT2D eigenvalue weighted by atomic mass is 9.96. The molecule has 98 valence electrons. The smallest absolute Gasteiger partial charge is 0.164 e. The molecule has 4 nitrogen and oxygen atoms in total. The van der Waals surface area contributed by atoms with Crippen LogP contribution in [0, 0.1) is 11.7 Å². The van der Waals surface area contributed by atoms with E-state index in [2.05, 4.69) is 9.88 Å². The molecule has 2 fully saturated rings. The molecule has 1 aromatic heterocycles. The topological polar surface area (TPSA) is 34.6 Å². The molecule has 0 unspecified atom stereocenters. The zero-order valence-corrected chi connectivity index (χ0v) is 10.2. The summed E-state index contributed by atoms with van der Waals surface area (Å²) in [6, 6.07) is 1.73. The molecule has 3 rings (SSSR count). The summed E-state index contributed by atoms with van der Waals surface area (Å²) in [7, 11) is 0. The standard InChI is InChI=1S/C13H17FN2O2/c14-11-9-15-4-1-12(11)16-5-2-10(3-6-16)13-17-7-8-18-13/h1,4,9-10,13H,2-3,5-8H2.